The Hall–Kier alpha value is -0.250. The van der Waals surface area contributed by atoms with Crippen LogP contribution in [0.2, 0.25) is 5.02 Å². The summed E-state index contributed by atoms with van der Waals surface area (Å²) in [4.78, 5) is 0. The minimum atomic E-state index is -0.470. The molecule has 0 aromatic heterocycles. The van der Waals surface area contributed by atoms with Crippen LogP contribution in [0.4, 0.5) is 0 Å². The van der Waals surface area contributed by atoms with Gasteiger partial charge in [-0.1, -0.05) is 11.6 Å². The Morgan fingerprint density at radius 1 is 1.62 bits per heavy atom. The highest BCUT2D eigenvalue weighted by Gasteiger charge is 2.03. The molecule has 13 heavy (non-hydrogen) atoms. The molecule has 0 bridgehead atoms. The van der Waals surface area contributed by atoms with E-state index in [0.29, 0.717) is 10.8 Å². The van der Waals surface area contributed by atoms with Gasteiger partial charge in [-0.15, -0.1) is 0 Å². The predicted octanol–water partition coefficient (Wildman–Crippen LogP) is 2.86. The Bertz CT molecular complexity index is 289. The van der Waals surface area contributed by atoms with Crippen molar-refractivity contribution in [3.05, 3.63) is 27.7 Å². The topological polar surface area (TPSA) is 29.5 Å². The number of hydrogen-bond donors (Lipinski definition) is 1. The van der Waals surface area contributed by atoms with Crippen LogP contribution >= 0.6 is 27.5 Å². The number of rotatable bonds is 3. The van der Waals surface area contributed by atoms with E-state index >= 15 is 0 Å². The van der Waals surface area contributed by atoms with Gasteiger partial charge in [0.1, 0.15) is 12.4 Å². The van der Waals surface area contributed by atoms with Crippen molar-refractivity contribution >= 4 is 27.5 Å². The van der Waals surface area contributed by atoms with E-state index in [9.17, 15) is 0 Å². The second-order valence-electron chi connectivity index (χ2n) is 2.73. The molecule has 0 unspecified atom stereocenters. The van der Waals surface area contributed by atoms with Crippen LogP contribution in [-0.4, -0.2) is 17.8 Å². The maximum absolute atomic E-state index is 8.99. The Balaban J connectivity index is 2.67. The summed E-state index contributed by atoms with van der Waals surface area (Å²) < 4.78 is 6.09. The second kappa shape index (κ2) is 4.84. The van der Waals surface area contributed by atoms with Gasteiger partial charge in [-0.05, 0) is 41.1 Å². The Labute approximate surface area is 90.6 Å². The van der Waals surface area contributed by atoms with Gasteiger partial charge in [0.05, 0.1) is 10.6 Å². The summed E-state index contributed by atoms with van der Waals surface area (Å²) in [7, 11) is 0. The van der Waals surface area contributed by atoms with E-state index < -0.39 is 6.10 Å². The molecule has 1 rings (SSSR count). The minimum Gasteiger partial charge on any atom is -0.490 e. The number of aliphatic hydroxyl groups excluding tert-OH is 1. The molecule has 72 valence electrons. The molecular weight excluding hydrogens is 255 g/mol. The van der Waals surface area contributed by atoms with Crippen molar-refractivity contribution in [3.63, 3.8) is 0 Å². The first-order valence-electron chi connectivity index (χ1n) is 3.85. The highest BCUT2D eigenvalue weighted by Crippen LogP contribution is 2.27. The van der Waals surface area contributed by atoms with Crippen LogP contribution in [0.15, 0.2) is 22.7 Å². The Morgan fingerprint density at radius 3 is 2.85 bits per heavy atom. The van der Waals surface area contributed by atoms with Crippen molar-refractivity contribution < 1.29 is 9.84 Å². The predicted molar refractivity (Wildman–Crippen MR) is 56.3 cm³/mol. The normalized spacial score (nSPS) is 12.6. The van der Waals surface area contributed by atoms with Gasteiger partial charge in [-0.25, -0.2) is 0 Å². The third-order valence-corrected chi connectivity index (χ3v) is 2.23. The van der Waals surface area contributed by atoms with Crippen LogP contribution in [0.25, 0.3) is 0 Å². The fraction of sp³-hybridized carbons (Fsp3) is 0.333. The van der Waals surface area contributed by atoms with Crippen molar-refractivity contribution in [2.45, 2.75) is 13.0 Å². The summed E-state index contributed by atoms with van der Waals surface area (Å²) in [6.07, 6.45) is -0.470. The number of aliphatic hydroxyl groups is 1. The highest BCUT2D eigenvalue weighted by atomic mass is 79.9. The molecule has 1 aromatic rings. The molecule has 1 aromatic carbocycles. The molecule has 0 aliphatic carbocycles. The number of benzene rings is 1. The van der Waals surface area contributed by atoms with Gasteiger partial charge in [0.25, 0.3) is 0 Å². The molecule has 1 atom stereocenters. The molecule has 2 nitrogen and oxygen atoms in total. The van der Waals surface area contributed by atoms with Crippen molar-refractivity contribution in [2.75, 3.05) is 6.61 Å². The van der Waals surface area contributed by atoms with Gasteiger partial charge in [0.2, 0.25) is 0 Å². The van der Waals surface area contributed by atoms with Gasteiger partial charge >= 0.3 is 0 Å². The molecule has 0 aliphatic rings. The van der Waals surface area contributed by atoms with Crippen LogP contribution < -0.4 is 4.74 Å². The van der Waals surface area contributed by atoms with Gasteiger partial charge in [-0.2, -0.15) is 0 Å². The van der Waals surface area contributed by atoms with Gasteiger partial charge < -0.3 is 9.84 Å². The molecule has 1 N–H and O–H groups in total. The van der Waals surface area contributed by atoms with Crippen LogP contribution in [-0.2, 0) is 0 Å². The number of halogens is 2. The first-order chi connectivity index (χ1) is 6.09. The summed E-state index contributed by atoms with van der Waals surface area (Å²) in [6.45, 7) is 1.95. The summed E-state index contributed by atoms with van der Waals surface area (Å²) in [5.41, 5.74) is 0. The molecule has 0 amide bonds. The lowest BCUT2D eigenvalue weighted by molar-refractivity contribution is 0.122. The lowest BCUT2D eigenvalue weighted by Crippen LogP contribution is -2.12. The van der Waals surface area contributed by atoms with Crippen LogP contribution in [0.1, 0.15) is 6.92 Å². The lowest BCUT2D eigenvalue weighted by Gasteiger charge is -2.09. The summed E-state index contributed by atoms with van der Waals surface area (Å²) in [6, 6.07) is 5.25. The first kappa shape index (κ1) is 10.8. The number of hydrogen-bond acceptors (Lipinski definition) is 2. The summed E-state index contributed by atoms with van der Waals surface area (Å²) in [5, 5.41) is 9.64. The SMILES string of the molecule is C[C@H](O)COc1ccc(Cl)cc1Br. The van der Waals surface area contributed by atoms with Gasteiger partial charge in [-0.3, -0.25) is 0 Å². The Kier molecular flexibility index (Phi) is 4.03. The minimum absolute atomic E-state index is 0.278. The smallest absolute Gasteiger partial charge is 0.133 e. The highest BCUT2D eigenvalue weighted by molar-refractivity contribution is 9.10. The van der Waals surface area contributed by atoms with E-state index in [4.69, 9.17) is 21.4 Å². The molecule has 0 saturated carbocycles. The third kappa shape index (κ3) is 3.55. The molecule has 0 radical (unpaired) electrons. The monoisotopic (exact) mass is 264 g/mol. The third-order valence-electron chi connectivity index (χ3n) is 1.37. The lowest BCUT2D eigenvalue weighted by atomic mass is 10.3. The standard InChI is InChI=1S/C9H10BrClO2/c1-6(12)5-13-9-3-2-7(11)4-8(9)10/h2-4,6,12H,5H2,1H3/t6-/m0/s1. The van der Waals surface area contributed by atoms with Crippen LogP contribution in [0.5, 0.6) is 5.75 Å². The van der Waals surface area contributed by atoms with E-state index in [2.05, 4.69) is 15.9 Å². The van der Waals surface area contributed by atoms with Crippen molar-refractivity contribution in [1.29, 1.82) is 0 Å². The van der Waals surface area contributed by atoms with Crippen molar-refractivity contribution in [3.8, 4) is 5.75 Å². The average molecular weight is 266 g/mol. The fourth-order valence-corrected chi connectivity index (χ4v) is 1.60. The zero-order valence-corrected chi connectivity index (χ0v) is 9.47. The molecule has 0 fully saturated rings. The molecule has 0 saturated heterocycles. The van der Waals surface area contributed by atoms with Crippen LogP contribution in [0, 0.1) is 0 Å². The average Bonchev–Trinajstić information content (AvgIpc) is 2.02. The Morgan fingerprint density at radius 2 is 2.31 bits per heavy atom. The zero-order chi connectivity index (χ0) is 9.84. The molecule has 0 spiro atoms. The zero-order valence-electron chi connectivity index (χ0n) is 7.13. The largest absolute Gasteiger partial charge is 0.490 e. The van der Waals surface area contributed by atoms with E-state index in [-0.39, 0.29) is 6.61 Å². The summed E-state index contributed by atoms with van der Waals surface area (Å²) >= 11 is 9.05. The number of ether oxygens (including phenoxy) is 1. The molecular formula is C9H10BrClO2. The molecule has 0 heterocycles. The molecule has 4 heteroatoms. The van der Waals surface area contributed by atoms with Crippen molar-refractivity contribution in [1.82, 2.24) is 0 Å². The van der Waals surface area contributed by atoms with E-state index in [1.165, 1.54) is 0 Å². The van der Waals surface area contributed by atoms with Gasteiger partial charge in [0.15, 0.2) is 0 Å². The molecule has 0 aliphatic heterocycles. The van der Waals surface area contributed by atoms with E-state index in [1.54, 1.807) is 25.1 Å². The summed E-state index contributed by atoms with van der Waals surface area (Å²) in [5.74, 6) is 0.685. The maximum atomic E-state index is 8.99. The maximum Gasteiger partial charge on any atom is 0.133 e. The quantitative estimate of drug-likeness (QED) is 0.911. The second-order valence-corrected chi connectivity index (χ2v) is 4.03. The van der Waals surface area contributed by atoms with E-state index in [1.807, 2.05) is 0 Å². The van der Waals surface area contributed by atoms with Crippen LogP contribution in [0.3, 0.4) is 0 Å². The fourth-order valence-electron chi connectivity index (χ4n) is 0.803. The van der Waals surface area contributed by atoms with Gasteiger partial charge in [0, 0.05) is 5.02 Å². The van der Waals surface area contributed by atoms with E-state index in [0.717, 1.165) is 4.47 Å². The first-order valence-corrected chi connectivity index (χ1v) is 5.02. The van der Waals surface area contributed by atoms with Crippen molar-refractivity contribution in [2.24, 2.45) is 0 Å².